The second-order valence-electron chi connectivity index (χ2n) is 19.0. The number of hydrogen-bond acceptors (Lipinski definition) is 3. The van der Waals surface area contributed by atoms with E-state index in [0.29, 0.717) is 6.42 Å². The first-order valence-electron chi connectivity index (χ1n) is 27.6. The van der Waals surface area contributed by atoms with E-state index >= 15 is 0 Å². The quantitative estimate of drug-likeness (QED) is 0.0422. The van der Waals surface area contributed by atoms with Crippen molar-refractivity contribution in [1.29, 1.82) is 0 Å². The van der Waals surface area contributed by atoms with Crippen LogP contribution in [0.2, 0.25) is 0 Å². The largest absolute Gasteiger partial charge is 0.394 e. The van der Waals surface area contributed by atoms with E-state index in [1.54, 1.807) is 6.08 Å². The lowest BCUT2D eigenvalue weighted by molar-refractivity contribution is -0.123. The van der Waals surface area contributed by atoms with Crippen molar-refractivity contribution >= 4 is 5.91 Å². The van der Waals surface area contributed by atoms with Gasteiger partial charge in [0.25, 0.3) is 0 Å². The Morgan fingerprint density at radius 2 is 0.633 bits per heavy atom. The molecule has 0 saturated carbocycles. The van der Waals surface area contributed by atoms with Crippen LogP contribution in [0.5, 0.6) is 0 Å². The third-order valence-corrected chi connectivity index (χ3v) is 12.9. The zero-order chi connectivity index (χ0) is 43.5. The highest BCUT2D eigenvalue weighted by Gasteiger charge is 2.18. The fourth-order valence-electron chi connectivity index (χ4n) is 8.71. The molecule has 60 heavy (non-hydrogen) atoms. The third kappa shape index (κ3) is 47.9. The van der Waals surface area contributed by atoms with Crippen molar-refractivity contribution in [2.24, 2.45) is 0 Å². The van der Waals surface area contributed by atoms with Crippen LogP contribution in [0.3, 0.4) is 0 Å². The molecule has 0 aliphatic carbocycles. The molecule has 4 nitrogen and oxygen atoms in total. The molecule has 356 valence electrons. The summed E-state index contributed by atoms with van der Waals surface area (Å²) in [4.78, 5) is 12.5. The summed E-state index contributed by atoms with van der Waals surface area (Å²) in [5.41, 5.74) is 0. The van der Waals surface area contributed by atoms with E-state index in [1.807, 2.05) is 6.08 Å². The van der Waals surface area contributed by atoms with E-state index in [-0.39, 0.29) is 12.5 Å². The smallest absolute Gasteiger partial charge is 0.220 e. The van der Waals surface area contributed by atoms with E-state index in [0.717, 1.165) is 25.7 Å². The van der Waals surface area contributed by atoms with Gasteiger partial charge in [-0.3, -0.25) is 4.79 Å². The zero-order valence-electron chi connectivity index (χ0n) is 41.0. The number of amides is 1. The predicted molar refractivity (Wildman–Crippen MR) is 267 cm³/mol. The third-order valence-electron chi connectivity index (χ3n) is 12.9. The molecule has 3 N–H and O–H groups in total. The van der Waals surface area contributed by atoms with Crippen LogP contribution in [0.15, 0.2) is 24.3 Å². The maximum Gasteiger partial charge on any atom is 0.220 e. The molecule has 0 spiro atoms. The standard InChI is InChI=1S/C56H109NO3/c1-3-5-7-9-11-13-15-17-19-21-23-25-27-28-30-31-33-35-37-39-41-43-45-47-49-51-55(59)54(53-58)57-56(60)52-50-48-46-44-42-40-38-36-34-32-29-26-24-22-20-18-16-14-12-10-8-6-4-2/h32,34,49,51,54-55,58-59H,3-31,33,35-48,50,52-53H2,1-2H3,(H,57,60)/b34-32-,51-49+. The summed E-state index contributed by atoms with van der Waals surface area (Å²) in [7, 11) is 0. The second-order valence-corrected chi connectivity index (χ2v) is 19.0. The van der Waals surface area contributed by atoms with Gasteiger partial charge in [-0.25, -0.2) is 0 Å². The molecule has 2 atom stereocenters. The Bertz CT molecular complexity index is 871. The van der Waals surface area contributed by atoms with Crippen LogP contribution >= 0.6 is 0 Å². The molecule has 1 amide bonds. The summed E-state index contributed by atoms with van der Waals surface area (Å²) in [6, 6.07) is -0.623. The van der Waals surface area contributed by atoms with Gasteiger partial charge in [0.15, 0.2) is 0 Å². The summed E-state index contributed by atoms with van der Waals surface area (Å²) < 4.78 is 0. The number of aliphatic hydroxyl groups is 2. The summed E-state index contributed by atoms with van der Waals surface area (Å²) in [6.45, 7) is 4.34. The first-order valence-corrected chi connectivity index (χ1v) is 27.6. The van der Waals surface area contributed by atoms with Crippen molar-refractivity contribution in [3.8, 4) is 0 Å². The fourth-order valence-corrected chi connectivity index (χ4v) is 8.71. The molecule has 0 rings (SSSR count). The van der Waals surface area contributed by atoms with Crippen molar-refractivity contribution < 1.29 is 15.0 Å². The second kappa shape index (κ2) is 52.2. The highest BCUT2D eigenvalue weighted by molar-refractivity contribution is 5.76. The summed E-state index contributed by atoms with van der Waals surface area (Å²) in [5.74, 6) is -0.0633. The van der Waals surface area contributed by atoms with Gasteiger partial charge in [0.2, 0.25) is 5.91 Å². The van der Waals surface area contributed by atoms with Crippen molar-refractivity contribution in [2.75, 3.05) is 6.61 Å². The average Bonchev–Trinajstić information content (AvgIpc) is 3.25. The SMILES string of the molecule is CCCCCCCCCCCCCC/C=C\CCCCCCCCCC(=O)NC(CO)C(O)/C=C/CCCCCCCCCCCCCCCCCCCCCCCCC. The van der Waals surface area contributed by atoms with Gasteiger partial charge in [0.05, 0.1) is 18.8 Å². The van der Waals surface area contributed by atoms with Crippen LogP contribution in [-0.4, -0.2) is 34.9 Å². The Morgan fingerprint density at radius 1 is 0.383 bits per heavy atom. The molecule has 0 aromatic rings. The molecular formula is C56H109NO3. The molecule has 2 unspecified atom stereocenters. The molecule has 0 saturated heterocycles. The van der Waals surface area contributed by atoms with Crippen LogP contribution in [0, 0.1) is 0 Å². The average molecular weight is 844 g/mol. The Kier molecular flexibility index (Phi) is 51.2. The lowest BCUT2D eigenvalue weighted by atomic mass is 10.0. The van der Waals surface area contributed by atoms with E-state index in [1.165, 1.54) is 263 Å². The topological polar surface area (TPSA) is 69.6 Å². The van der Waals surface area contributed by atoms with Crippen molar-refractivity contribution in [3.05, 3.63) is 24.3 Å². The number of carbonyl (C=O) groups excluding carboxylic acids is 1. The van der Waals surface area contributed by atoms with Gasteiger partial charge in [-0.1, -0.05) is 282 Å². The molecule has 4 heteroatoms. The Balaban J connectivity index is 3.49. The van der Waals surface area contributed by atoms with Crippen LogP contribution in [0.1, 0.15) is 309 Å². The minimum atomic E-state index is -0.840. The Morgan fingerprint density at radius 3 is 0.917 bits per heavy atom. The van der Waals surface area contributed by atoms with Crippen LogP contribution in [0.25, 0.3) is 0 Å². The zero-order valence-corrected chi connectivity index (χ0v) is 41.0. The summed E-state index contributed by atoms with van der Waals surface area (Å²) in [6.07, 6.45) is 69.0. The number of allylic oxidation sites excluding steroid dienone is 3. The number of aliphatic hydroxyl groups excluding tert-OH is 2. The number of carbonyl (C=O) groups is 1. The van der Waals surface area contributed by atoms with Crippen molar-refractivity contribution in [3.63, 3.8) is 0 Å². The Hall–Kier alpha value is -1.13. The first-order chi connectivity index (χ1) is 29.7. The van der Waals surface area contributed by atoms with Gasteiger partial charge in [0.1, 0.15) is 0 Å². The van der Waals surface area contributed by atoms with E-state index in [4.69, 9.17) is 0 Å². The molecule has 0 bridgehead atoms. The van der Waals surface area contributed by atoms with Gasteiger partial charge >= 0.3 is 0 Å². The van der Waals surface area contributed by atoms with E-state index in [2.05, 4.69) is 31.3 Å². The van der Waals surface area contributed by atoms with Gasteiger partial charge in [-0.05, 0) is 44.9 Å². The maximum absolute atomic E-state index is 12.5. The minimum Gasteiger partial charge on any atom is -0.394 e. The fraction of sp³-hybridized carbons (Fsp3) is 0.911. The first kappa shape index (κ1) is 58.9. The molecule has 0 radical (unpaired) electrons. The van der Waals surface area contributed by atoms with E-state index in [9.17, 15) is 15.0 Å². The lowest BCUT2D eigenvalue weighted by Crippen LogP contribution is -2.45. The number of rotatable bonds is 51. The number of hydrogen-bond donors (Lipinski definition) is 3. The van der Waals surface area contributed by atoms with Crippen molar-refractivity contribution in [2.45, 2.75) is 321 Å². The van der Waals surface area contributed by atoms with Gasteiger partial charge < -0.3 is 15.5 Å². The number of nitrogens with one attached hydrogen (secondary N) is 1. The molecule has 0 fully saturated rings. The normalized spacial score (nSPS) is 12.9. The maximum atomic E-state index is 12.5. The summed E-state index contributed by atoms with van der Waals surface area (Å²) >= 11 is 0. The highest BCUT2D eigenvalue weighted by Crippen LogP contribution is 2.17. The van der Waals surface area contributed by atoms with Gasteiger partial charge in [-0.15, -0.1) is 0 Å². The summed E-state index contributed by atoms with van der Waals surface area (Å²) in [5, 5.41) is 23.2. The predicted octanol–water partition coefficient (Wildman–Crippen LogP) is 17.9. The van der Waals surface area contributed by atoms with Gasteiger partial charge in [0, 0.05) is 6.42 Å². The molecule has 0 aliphatic heterocycles. The highest BCUT2D eigenvalue weighted by atomic mass is 16.3. The molecule has 0 heterocycles. The van der Waals surface area contributed by atoms with E-state index < -0.39 is 12.1 Å². The lowest BCUT2D eigenvalue weighted by Gasteiger charge is -2.20. The molecule has 0 aromatic carbocycles. The Labute approximate surface area is 377 Å². The van der Waals surface area contributed by atoms with Crippen LogP contribution in [-0.2, 0) is 4.79 Å². The van der Waals surface area contributed by atoms with Crippen LogP contribution < -0.4 is 5.32 Å². The van der Waals surface area contributed by atoms with Gasteiger partial charge in [-0.2, -0.15) is 0 Å². The number of unbranched alkanes of at least 4 members (excludes halogenated alkanes) is 42. The molecular weight excluding hydrogens is 735 g/mol. The molecule has 0 aromatic heterocycles. The van der Waals surface area contributed by atoms with Crippen LogP contribution in [0.4, 0.5) is 0 Å². The molecule has 0 aliphatic rings. The van der Waals surface area contributed by atoms with Crippen molar-refractivity contribution in [1.82, 2.24) is 5.32 Å². The monoisotopic (exact) mass is 844 g/mol. The minimum absolute atomic E-state index is 0.0633.